The lowest BCUT2D eigenvalue weighted by Crippen LogP contribution is -2.47. The monoisotopic (exact) mass is 326 g/mol. The molecule has 0 unspecified atom stereocenters. The molecule has 1 saturated heterocycles. The Balaban J connectivity index is 1.94. The predicted octanol–water partition coefficient (Wildman–Crippen LogP) is 4.08. The number of carbonyl (C=O) groups excluding carboxylic acids is 1. The molecule has 2 heterocycles. The molecule has 3 rings (SSSR count). The SMILES string of the molecule is CC(C)(C)[C@@H]1CC2=CCCC=C2CCN1C(=O)c1ccc(O)nc1. The van der Waals surface area contributed by atoms with Gasteiger partial charge in [-0.3, -0.25) is 4.79 Å². The summed E-state index contributed by atoms with van der Waals surface area (Å²) >= 11 is 0. The van der Waals surface area contributed by atoms with Crippen LogP contribution in [0, 0.1) is 5.41 Å². The van der Waals surface area contributed by atoms with Crippen LogP contribution in [0.15, 0.2) is 41.6 Å². The van der Waals surface area contributed by atoms with Crippen LogP contribution in [0.4, 0.5) is 0 Å². The molecule has 1 aliphatic heterocycles. The van der Waals surface area contributed by atoms with Crippen molar-refractivity contribution in [2.75, 3.05) is 6.54 Å². The average Bonchev–Trinajstić information content (AvgIpc) is 2.74. The van der Waals surface area contributed by atoms with Crippen LogP contribution < -0.4 is 0 Å². The minimum atomic E-state index is -0.0591. The van der Waals surface area contributed by atoms with Gasteiger partial charge in [0.25, 0.3) is 5.91 Å². The highest BCUT2D eigenvalue weighted by Crippen LogP contribution is 2.38. The van der Waals surface area contributed by atoms with Gasteiger partial charge in [-0.25, -0.2) is 4.98 Å². The molecule has 0 spiro atoms. The van der Waals surface area contributed by atoms with Crippen molar-refractivity contribution in [1.29, 1.82) is 0 Å². The van der Waals surface area contributed by atoms with E-state index in [-0.39, 0.29) is 23.2 Å². The lowest BCUT2D eigenvalue weighted by molar-refractivity contribution is 0.0536. The Morgan fingerprint density at radius 1 is 1.21 bits per heavy atom. The smallest absolute Gasteiger partial charge is 0.255 e. The van der Waals surface area contributed by atoms with Gasteiger partial charge in [0.1, 0.15) is 0 Å². The summed E-state index contributed by atoms with van der Waals surface area (Å²) in [5.41, 5.74) is 3.36. The molecule has 1 fully saturated rings. The zero-order valence-electron chi connectivity index (χ0n) is 14.7. The first-order valence-electron chi connectivity index (χ1n) is 8.70. The number of rotatable bonds is 1. The van der Waals surface area contributed by atoms with Gasteiger partial charge in [-0.1, -0.05) is 32.9 Å². The first-order valence-corrected chi connectivity index (χ1v) is 8.70. The molecule has 1 atom stereocenters. The third-order valence-corrected chi connectivity index (χ3v) is 5.03. The Bertz CT molecular complexity index is 681. The minimum absolute atomic E-state index is 0.00210. The lowest BCUT2D eigenvalue weighted by atomic mass is 9.80. The molecule has 1 amide bonds. The Morgan fingerprint density at radius 3 is 2.54 bits per heavy atom. The Kier molecular flexibility index (Phi) is 4.48. The standard InChI is InChI=1S/C20H26N2O2/c1-20(2,3)17-12-15-7-5-4-6-14(15)10-11-22(17)19(24)16-8-9-18(23)21-13-16/h6-9,13,17H,4-5,10-12H2,1-3H3,(H,21,23)/t17-/m0/s1. The van der Waals surface area contributed by atoms with E-state index >= 15 is 0 Å². The number of aromatic hydroxyl groups is 1. The quantitative estimate of drug-likeness (QED) is 0.846. The summed E-state index contributed by atoms with van der Waals surface area (Å²) in [6.45, 7) is 7.33. The molecule has 4 heteroatoms. The zero-order valence-corrected chi connectivity index (χ0v) is 14.7. The molecular weight excluding hydrogens is 300 g/mol. The van der Waals surface area contributed by atoms with Crippen LogP contribution in [0.2, 0.25) is 0 Å². The second-order valence-corrected chi connectivity index (χ2v) is 7.78. The lowest BCUT2D eigenvalue weighted by Gasteiger charge is -2.39. The van der Waals surface area contributed by atoms with E-state index in [2.05, 4.69) is 37.9 Å². The summed E-state index contributed by atoms with van der Waals surface area (Å²) in [5.74, 6) is -0.0570. The fraction of sp³-hybridized carbons (Fsp3) is 0.500. The molecule has 0 aromatic carbocycles. The third-order valence-electron chi connectivity index (χ3n) is 5.03. The minimum Gasteiger partial charge on any atom is -0.493 e. The van der Waals surface area contributed by atoms with E-state index in [1.807, 2.05) is 4.90 Å². The summed E-state index contributed by atoms with van der Waals surface area (Å²) in [6.07, 6.45) is 10.2. The fourth-order valence-corrected chi connectivity index (χ4v) is 3.66. The van der Waals surface area contributed by atoms with Gasteiger partial charge in [0.15, 0.2) is 0 Å². The van der Waals surface area contributed by atoms with Gasteiger partial charge in [-0.15, -0.1) is 0 Å². The second kappa shape index (κ2) is 6.42. The number of nitrogens with zero attached hydrogens (tertiary/aromatic N) is 2. The highest BCUT2D eigenvalue weighted by atomic mass is 16.3. The highest BCUT2D eigenvalue weighted by molar-refractivity contribution is 5.94. The summed E-state index contributed by atoms with van der Waals surface area (Å²) in [7, 11) is 0. The van der Waals surface area contributed by atoms with E-state index in [9.17, 15) is 9.90 Å². The molecule has 0 radical (unpaired) electrons. The van der Waals surface area contributed by atoms with Crippen LogP contribution in [0.25, 0.3) is 0 Å². The molecular formula is C20H26N2O2. The average molecular weight is 326 g/mol. The molecule has 128 valence electrons. The van der Waals surface area contributed by atoms with E-state index in [0.717, 1.165) is 32.2 Å². The van der Waals surface area contributed by atoms with Crippen molar-refractivity contribution in [1.82, 2.24) is 9.88 Å². The van der Waals surface area contributed by atoms with Gasteiger partial charge in [-0.05, 0) is 48.3 Å². The molecule has 1 aromatic heterocycles. The number of amides is 1. The predicted molar refractivity (Wildman–Crippen MR) is 94.8 cm³/mol. The largest absolute Gasteiger partial charge is 0.493 e. The van der Waals surface area contributed by atoms with Gasteiger partial charge >= 0.3 is 0 Å². The zero-order chi connectivity index (χ0) is 17.3. The molecule has 1 aliphatic carbocycles. The maximum absolute atomic E-state index is 13.1. The van der Waals surface area contributed by atoms with Crippen LogP contribution in [0.1, 0.15) is 56.8 Å². The number of likely N-dealkylation sites (tertiary alicyclic amines) is 1. The Morgan fingerprint density at radius 2 is 1.92 bits per heavy atom. The number of aromatic nitrogens is 1. The van der Waals surface area contributed by atoms with Crippen LogP contribution in [-0.4, -0.2) is 33.5 Å². The van der Waals surface area contributed by atoms with Crippen LogP contribution >= 0.6 is 0 Å². The van der Waals surface area contributed by atoms with Gasteiger partial charge < -0.3 is 10.0 Å². The van der Waals surface area contributed by atoms with Crippen LogP contribution in [0.3, 0.4) is 0 Å². The topological polar surface area (TPSA) is 53.4 Å². The first kappa shape index (κ1) is 16.7. The third kappa shape index (κ3) is 3.37. The Labute approximate surface area is 143 Å². The molecule has 4 nitrogen and oxygen atoms in total. The Hall–Kier alpha value is -2.10. The number of hydrogen-bond acceptors (Lipinski definition) is 3. The van der Waals surface area contributed by atoms with E-state index in [0.29, 0.717) is 5.56 Å². The van der Waals surface area contributed by atoms with Crippen LogP contribution in [0.5, 0.6) is 5.88 Å². The van der Waals surface area contributed by atoms with Crippen molar-refractivity contribution < 1.29 is 9.90 Å². The van der Waals surface area contributed by atoms with E-state index in [1.165, 1.54) is 23.4 Å². The van der Waals surface area contributed by atoms with Gasteiger partial charge in [-0.2, -0.15) is 0 Å². The van der Waals surface area contributed by atoms with Crippen molar-refractivity contribution in [2.45, 2.75) is 52.5 Å². The normalized spacial score (nSPS) is 21.5. The molecule has 2 aliphatic rings. The van der Waals surface area contributed by atoms with E-state index in [1.54, 1.807) is 6.07 Å². The number of carbonyl (C=O) groups is 1. The van der Waals surface area contributed by atoms with Crippen molar-refractivity contribution in [2.24, 2.45) is 5.41 Å². The molecule has 1 aromatic rings. The molecule has 1 N–H and O–H groups in total. The van der Waals surface area contributed by atoms with Gasteiger partial charge in [0.05, 0.1) is 5.56 Å². The molecule has 0 bridgehead atoms. The van der Waals surface area contributed by atoms with Crippen molar-refractivity contribution >= 4 is 5.91 Å². The van der Waals surface area contributed by atoms with E-state index < -0.39 is 0 Å². The number of allylic oxidation sites excluding steroid dienone is 2. The summed E-state index contributed by atoms with van der Waals surface area (Å²) in [4.78, 5) is 19.0. The van der Waals surface area contributed by atoms with Crippen LogP contribution in [-0.2, 0) is 0 Å². The fourth-order valence-electron chi connectivity index (χ4n) is 3.66. The molecule has 24 heavy (non-hydrogen) atoms. The number of pyridine rings is 1. The van der Waals surface area contributed by atoms with Crippen molar-refractivity contribution in [3.8, 4) is 5.88 Å². The number of hydrogen-bond donors (Lipinski definition) is 1. The number of fused-ring (bicyclic) bond motifs is 1. The highest BCUT2D eigenvalue weighted by Gasteiger charge is 2.37. The van der Waals surface area contributed by atoms with Gasteiger partial charge in [0.2, 0.25) is 5.88 Å². The second-order valence-electron chi connectivity index (χ2n) is 7.78. The summed E-state index contributed by atoms with van der Waals surface area (Å²) in [6, 6.07) is 3.28. The maximum atomic E-state index is 13.1. The first-order chi connectivity index (χ1) is 11.4. The van der Waals surface area contributed by atoms with Crippen molar-refractivity contribution in [3.05, 3.63) is 47.2 Å². The van der Waals surface area contributed by atoms with Crippen molar-refractivity contribution in [3.63, 3.8) is 0 Å². The summed E-state index contributed by atoms with van der Waals surface area (Å²) in [5, 5.41) is 9.36. The summed E-state index contributed by atoms with van der Waals surface area (Å²) < 4.78 is 0. The maximum Gasteiger partial charge on any atom is 0.255 e. The van der Waals surface area contributed by atoms with E-state index in [4.69, 9.17) is 0 Å². The molecule has 0 saturated carbocycles. The van der Waals surface area contributed by atoms with Gasteiger partial charge in [0, 0.05) is 24.8 Å².